The lowest BCUT2D eigenvalue weighted by Crippen LogP contribution is -2.33. The average Bonchev–Trinajstić information content (AvgIpc) is 2.43. The predicted octanol–water partition coefficient (Wildman–Crippen LogP) is 3.20. The second-order valence-electron chi connectivity index (χ2n) is 5.82. The summed E-state index contributed by atoms with van der Waals surface area (Å²) in [6, 6.07) is 3.17. The molecule has 0 aliphatic carbocycles. The largest absolute Gasteiger partial charge is 0.496 e. The first kappa shape index (κ1) is 19.1. The van der Waals surface area contributed by atoms with Crippen LogP contribution >= 0.6 is 11.6 Å². The van der Waals surface area contributed by atoms with Gasteiger partial charge in [-0.05, 0) is 44.9 Å². The van der Waals surface area contributed by atoms with Crippen LogP contribution in [0.25, 0.3) is 0 Å². The molecule has 1 amide bonds. The molecule has 23 heavy (non-hydrogen) atoms. The molecule has 0 unspecified atom stereocenters. The molecule has 7 heteroatoms. The Morgan fingerprint density at radius 2 is 1.87 bits per heavy atom. The molecule has 1 aromatic rings. The van der Waals surface area contributed by atoms with Crippen LogP contribution in [0.1, 0.15) is 36.7 Å². The Bertz CT molecular complexity index is 581. The van der Waals surface area contributed by atoms with Crippen LogP contribution in [0, 0.1) is 0 Å². The Kier molecular flexibility index (Phi) is 6.69. The van der Waals surface area contributed by atoms with E-state index in [1.54, 1.807) is 26.8 Å². The minimum Gasteiger partial charge on any atom is -0.496 e. The van der Waals surface area contributed by atoms with Crippen LogP contribution in [-0.2, 0) is 15.9 Å². The number of nitrogens with one attached hydrogen (secondary N) is 1. The fourth-order valence-corrected chi connectivity index (χ4v) is 2.19. The Morgan fingerprint density at radius 1 is 1.22 bits per heavy atom. The van der Waals surface area contributed by atoms with Gasteiger partial charge in [-0.1, -0.05) is 11.6 Å². The van der Waals surface area contributed by atoms with Crippen molar-refractivity contribution in [1.82, 2.24) is 5.32 Å². The van der Waals surface area contributed by atoms with Gasteiger partial charge < -0.3 is 19.5 Å². The van der Waals surface area contributed by atoms with Crippen molar-refractivity contribution in [2.45, 2.75) is 32.8 Å². The van der Waals surface area contributed by atoms with E-state index in [-0.39, 0.29) is 5.56 Å². The van der Waals surface area contributed by atoms with Gasteiger partial charge in [0.15, 0.2) is 0 Å². The first-order valence-corrected chi connectivity index (χ1v) is 7.47. The molecular formula is C16H22ClNO5. The lowest BCUT2D eigenvalue weighted by atomic mass is 10.1. The highest BCUT2D eigenvalue weighted by Crippen LogP contribution is 2.29. The summed E-state index contributed by atoms with van der Waals surface area (Å²) >= 11 is 6.03. The Balaban J connectivity index is 2.82. The number of esters is 1. The number of amides is 1. The standard InChI is InChI=1S/C16H22ClNO5/c1-16(2,3)23-15(20)18-7-6-10-8-11(17)9-12(13(10)21-4)14(19)22-5/h8-9H,6-7H2,1-5H3,(H,18,20). The van der Waals surface area contributed by atoms with E-state index >= 15 is 0 Å². The second kappa shape index (κ2) is 8.06. The maximum absolute atomic E-state index is 11.8. The quantitative estimate of drug-likeness (QED) is 0.831. The molecular weight excluding hydrogens is 322 g/mol. The third kappa shape index (κ3) is 5.98. The molecule has 0 radical (unpaired) electrons. The summed E-state index contributed by atoms with van der Waals surface area (Å²) in [5.74, 6) is -0.155. The van der Waals surface area contributed by atoms with E-state index in [1.165, 1.54) is 20.3 Å². The number of benzene rings is 1. The van der Waals surface area contributed by atoms with Gasteiger partial charge in [0.05, 0.1) is 14.2 Å². The van der Waals surface area contributed by atoms with Gasteiger partial charge >= 0.3 is 12.1 Å². The number of methoxy groups -OCH3 is 2. The molecule has 1 N–H and O–H groups in total. The van der Waals surface area contributed by atoms with Gasteiger partial charge in [-0.3, -0.25) is 0 Å². The molecule has 0 aromatic heterocycles. The highest BCUT2D eigenvalue weighted by Gasteiger charge is 2.19. The summed E-state index contributed by atoms with van der Waals surface area (Å²) in [6.45, 7) is 5.67. The van der Waals surface area contributed by atoms with Crippen molar-refractivity contribution < 1.29 is 23.8 Å². The van der Waals surface area contributed by atoms with Gasteiger partial charge in [0.25, 0.3) is 0 Å². The first-order chi connectivity index (χ1) is 10.7. The van der Waals surface area contributed by atoms with Crippen molar-refractivity contribution in [3.05, 3.63) is 28.3 Å². The summed E-state index contributed by atoms with van der Waals surface area (Å²) in [6.07, 6.45) is -0.0841. The van der Waals surface area contributed by atoms with Crippen molar-refractivity contribution in [2.75, 3.05) is 20.8 Å². The maximum atomic E-state index is 11.8. The monoisotopic (exact) mass is 343 g/mol. The number of carbonyl (C=O) groups excluding carboxylic acids is 2. The summed E-state index contributed by atoms with van der Waals surface area (Å²) in [5, 5.41) is 3.03. The number of carbonyl (C=O) groups is 2. The number of rotatable bonds is 5. The molecule has 0 bridgehead atoms. The van der Waals surface area contributed by atoms with Crippen molar-refractivity contribution in [3.8, 4) is 5.75 Å². The first-order valence-electron chi connectivity index (χ1n) is 7.09. The van der Waals surface area contributed by atoms with Crippen LogP contribution in [-0.4, -0.2) is 38.4 Å². The third-order valence-electron chi connectivity index (χ3n) is 2.80. The number of alkyl carbamates (subject to hydrolysis) is 1. The Hall–Kier alpha value is -1.95. The van der Waals surface area contributed by atoms with Gasteiger partial charge in [-0.15, -0.1) is 0 Å². The lowest BCUT2D eigenvalue weighted by Gasteiger charge is -2.20. The van der Waals surface area contributed by atoms with Crippen LogP contribution in [0.3, 0.4) is 0 Å². The van der Waals surface area contributed by atoms with Crippen molar-refractivity contribution in [2.24, 2.45) is 0 Å². The van der Waals surface area contributed by atoms with Crippen LogP contribution in [0.5, 0.6) is 5.75 Å². The van der Waals surface area contributed by atoms with Gasteiger partial charge in [0.2, 0.25) is 0 Å². The van der Waals surface area contributed by atoms with Gasteiger partial charge in [0.1, 0.15) is 16.9 Å². The highest BCUT2D eigenvalue weighted by molar-refractivity contribution is 6.31. The zero-order valence-corrected chi connectivity index (χ0v) is 14.7. The van der Waals surface area contributed by atoms with E-state index in [4.69, 9.17) is 25.8 Å². The molecule has 0 atom stereocenters. The van der Waals surface area contributed by atoms with E-state index in [0.29, 0.717) is 29.3 Å². The van der Waals surface area contributed by atoms with E-state index in [9.17, 15) is 9.59 Å². The summed E-state index contributed by atoms with van der Waals surface area (Å²) < 4.78 is 15.2. The lowest BCUT2D eigenvalue weighted by molar-refractivity contribution is 0.0526. The average molecular weight is 344 g/mol. The SMILES string of the molecule is COC(=O)c1cc(Cl)cc(CCNC(=O)OC(C)(C)C)c1OC. The smallest absolute Gasteiger partial charge is 0.407 e. The van der Waals surface area contributed by atoms with Gasteiger partial charge in [-0.25, -0.2) is 9.59 Å². The van der Waals surface area contributed by atoms with E-state index in [0.717, 1.165) is 0 Å². The number of hydrogen-bond donors (Lipinski definition) is 1. The minimum absolute atomic E-state index is 0.245. The molecule has 0 saturated carbocycles. The molecule has 0 fully saturated rings. The molecule has 128 valence electrons. The zero-order chi connectivity index (χ0) is 17.6. The molecule has 0 aliphatic rings. The van der Waals surface area contributed by atoms with Crippen LogP contribution < -0.4 is 10.1 Å². The third-order valence-corrected chi connectivity index (χ3v) is 3.02. The maximum Gasteiger partial charge on any atom is 0.407 e. The molecule has 0 spiro atoms. The predicted molar refractivity (Wildman–Crippen MR) is 87.3 cm³/mol. The van der Waals surface area contributed by atoms with Gasteiger partial charge in [0, 0.05) is 11.6 Å². The van der Waals surface area contributed by atoms with Crippen molar-refractivity contribution in [1.29, 1.82) is 0 Å². The Morgan fingerprint density at radius 3 is 2.39 bits per heavy atom. The molecule has 1 rings (SSSR count). The second-order valence-corrected chi connectivity index (χ2v) is 6.25. The minimum atomic E-state index is -0.560. The summed E-state index contributed by atoms with van der Waals surface area (Å²) in [4.78, 5) is 23.4. The van der Waals surface area contributed by atoms with E-state index in [2.05, 4.69) is 5.32 Å². The fourth-order valence-electron chi connectivity index (χ4n) is 1.95. The number of ether oxygens (including phenoxy) is 3. The summed E-state index contributed by atoms with van der Waals surface area (Å²) in [7, 11) is 2.74. The Labute approximate surface area is 141 Å². The number of hydrogen-bond acceptors (Lipinski definition) is 5. The number of halogens is 1. The van der Waals surface area contributed by atoms with Crippen LogP contribution in [0.4, 0.5) is 4.79 Å². The highest BCUT2D eigenvalue weighted by atomic mass is 35.5. The molecule has 6 nitrogen and oxygen atoms in total. The van der Waals surface area contributed by atoms with Gasteiger partial charge in [-0.2, -0.15) is 0 Å². The normalized spacial score (nSPS) is 10.9. The topological polar surface area (TPSA) is 73.9 Å². The molecule has 1 aromatic carbocycles. The molecule has 0 aliphatic heterocycles. The summed E-state index contributed by atoms with van der Waals surface area (Å²) in [5.41, 5.74) is 0.377. The van der Waals surface area contributed by atoms with Crippen molar-refractivity contribution >= 4 is 23.7 Å². The van der Waals surface area contributed by atoms with Crippen LogP contribution in [0.2, 0.25) is 5.02 Å². The van der Waals surface area contributed by atoms with E-state index in [1.807, 2.05) is 0 Å². The van der Waals surface area contributed by atoms with Crippen LogP contribution in [0.15, 0.2) is 12.1 Å². The van der Waals surface area contributed by atoms with E-state index < -0.39 is 17.7 Å². The zero-order valence-electron chi connectivity index (χ0n) is 14.0. The van der Waals surface area contributed by atoms with Crippen molar-refractivity contribution in [3.63, 3.8) is 0 Å². The fraction of sp³-hybridized carbons (Fsp3) is 0.500. The molecule has 0 saturated heterocycles. The molecule has 0 heterocycles.